The molecule has 0 saturated heterocycles. The van der Waals surface area contributed by atoms with E-state index in [9.17, 15) is 0 Å². The van der Waals surface area contributed by atoms with Crippen molar-refractivity contribution in [1.29, 1.82) is 0 Å². The molecule has 1 heterocycles. The largest absolute Gasteiger partial charge is 0.490 e. The highest BCUT2D eigenvalue weighted by Crippen LogP contribution is 2.31. The Hall–Kier alpha value is -1.22. The minimum Gasteiger partial charge on any atom is -0.490 e. The lowest BCUT2D eigenvalue weighted by Crippen LogP contribution is -2.35. The van der Waals surface area contributed by atoms with Gasteiger partial charge in [0.05, 0.1) is 18.8 Å². The summed E-state index contributed by atoms with van der Waals surface area (Å²) in [5, 5.41) is 0. The Labute approximate surface area is 90.6 Å². The summed E-state index contributed by atoms with van der Waals surface area (Å²) in [6.45, 7) is 5.49. The highest BCUT2D eigenvalue weighted by molar-refractivity contribution is 5.61. The summed E-state index contributed by atoms with van der Waals surface area (Å²) < 4.78 is 10.7. The topological polar surface area (TPSA) is 21.7 Å². The molecule has 0 radical (unpaired) electrons. The molecule has 0 aliphatic carbocycles. The molecule has 1 aliphatic heterocycles. The van der Waals surface area contributed by atoms with Crippen molar-refractivity contribution >= 4 is 5.69 Å². The van der Waals surface area contributed by atoms with Gasteiger partial charge in [-0.25, -0.2) is 0 Å². The van der Waals surface area contributed by atoms with Gasteiger partial charge in [-0.3, -0.25) is 0 Å². The zero-order valence-corrected chi connectivity index (χ0v) is 9.32. The maximum absolute atomic E-state index is 5.61. The fourth-order valence-electron chi connectivity index (χ4n) is 1.82. The van der Waals surface area contributed by atoms with Crippen LogP contribution in [0.4, 0.5) is 5.69 Å². The zero-order chi connectivity index (χ0) is 10.7. The van der Waals surface area contributed by atoms with E-state index in [1.54, 1.807) is 7.11 Å². The van der Waals surface area contributed by atoms with Gasteiger partial charge in [-0.2, -0.15) is 0 Å². The lowest BCUT2D eigenvalue weighted by molar-refractivity contribution is 0.201. The summed E-state index contributed by atoms with van der Waals surface area (Å²) >= 11 is 0. The molecule has 1 aromatic rings. The van der Waals surface area contributed by atoms with Crippen LogP contribution in [0.3, 0.4) is 0 Å². The number of anilines is 1. The molecule has 1 aliphatic rings. The molecule has 0 amide bonds. The lowest BCUT2D eigenvalue weighted by atomic mass is 10.1. The van der Waals surface area contributed by atoms with Crippen molar-refractivity contribution in [2.45, 2.75) is 6.92 Å². The maximum Gasteiger partial charge on any atom is 0.142 e. The predicted octanol–water partition coefficient (Wildman–Crippen LogP) is 1.84. The Morgan fingerprint density at radius 2 is 2.33 bits per heavy atom. The quantitative estimate of drug-likeness (QED) is 0.755. The number of rotatable bonds is 3. The van der Waals surface area contributed by atoms with Gasteiger partial charge in [0, 0.05) is 13.7 Å². The summed E-state index contributed by atoms with van der Waals surface area (Å²) in [5.41, 5.74) is 2.46. The summed E-state index contributed by atoms with van der Waals surface area (Å²) in [4.78, 5) is 2.31. The van der Waals surface area contributed by atoms with E-state index in [0.717, 1.165) is 32.1 Å². The first-order valence-corrected chi connectivity index (χ1v) is 5.28. The van der Waals surface area contributed by atoms with E-state index in [0.29, 0.717) is 0 Å². The molecule has 3 nitrogen and oxygen atoms in total. The molecule has 2 rings (SSSR count). The van der Waals surface area contributed by atoms with Crippen molar-refractivity contribution in [3.63, 3.8) is 0 Å². The Bertz CT molecular complexity index is 338. The molecule has 0 saturated carbocycles. The fraction of sp³-hybridized carbons (Fsp3) is 0.500. The Morgan fingerprint density at radius 3 is 3.13 bits per heavy atom. The number of nitrogens with zero attached hydrogens (tertiary/aromatic N) is 1. The van der Waals surface area contributed by atoms with Crippen molar-refractivity contribution in [3.05, 3.63) is 23.8 Å². The van der Waals surface area contributed by atoms with Crippen molar-refractivity contribution < 1.29 is 9.47 Å². The van der Waals surface area contributed by atoms with E-state index in [2.05, 4.69) is 24.0 Å². The highest BCUT2D eigenvalue weighted by atomic mass is 16.5. The molecular formula is C12H17NO2. The average molecular weight is 207 g/mol. The summed E-state index contributed by atoms with van der Waals surface area (Å²) in [6, 6.07) is 6.30. The lowest BCUT2D eigenvalue weighted by Gasteiger charge is -2.31. The molecule has 0 atom stereocenters. The second-order valence-corrected chi connectivity index (χ2v) is 3.80. The third-order valence-corrected chi connectivity index (χ3v) is 2.64. The minimum atomic E-state index is 0.757. The van der Waals surface area contributed by atoms with Gasteiger partial charge in [-0.05, 0) is 24.6 Å². The summed E-state index contributed by atoms with van der Waals surface area (Å²) in [5.74, 6) is 0.989. The molecule has 3 heteroatoms. The van der Waals surface area contributed by atoms with Crippen molar-refractivity contribution in [2.75, 3.05) is 38.3 Å². The smallest absolute Gasteiger partial charge is 0.142 e. The third-order valence-electron chi connectivity index (χ3n) is 2.64. The van der Waals surface area contributed by atoms with E-state index in [1.165, 1.54) is 11.3 Å². The maximum atomic E-state index is 5.61. The van der Waals surface area contributed by atoms with Gasteiger partial charge in [-0.1, -0.05) is 6.07 Å². The van der Waals surface area contributed by atoms with Gasteiger partial charge >= 0.3 is 0 Å². The number of hydrogen-bond donors (Lipinski definition) is 0. The van der Waals surface area contributed by atoms with E-state index >= 15 is 0 Å². The summed E-state index contributed by atoms with van der Waals surface area (Å²) in [7, 11) is 1.73. The van der Waals surface area contributed by atoms with Gasteiger partial charge in [0.1, 0.15) is 12.4 Å². The molecule has 82 valence electrons. The van der Waals surface area contributed by atoms with Gasteiger partial charge < -0.3 is 14.4 Å². The molecule has 0 fully saturated rings. The number of hydrogen-bond acceptors (Lipinski definition) is 3. The van der Waals surface area contributed by atoms with E-state index < -0.39 is 0 Å². The van der Waals surface area contributed by atoms with Crippen LogP contribution in [0.2, 0.25) is 0 Å². The van der Waals surface area contributed by atoms with E-state index in [4.69, 9.17) is 9.47 Å². The number of ether oxygens (including phenoxy) is 2. The first-order chi connectivity index (χ1) is 7.31. The van der Waals surface area contributed by atoms with Crippen LogP contribution in [-0.4, -0.2) is 33.4 Å². The number of benzene rings is 1. The zero-order valence-electron chi connectivity index (χ0n) is 9.32. The molecular weight excluding hydrogens is 190 g/mol. The minimum absolute atomic E-state index is 0.757. The molecule has 0 unspecified atom stereocenters. The first kappa shape index (κ1) is 10.3. The van der Waals surface area contributed by atoms with Gasteiger partial charge in [0.15, 0.2) is 0 Å². The fourth-order valence-corrected chi connectivity index (χ4v) is 1.82. The van der Waals surface area contributed by atoms with Crippen LogP contribution < -0.4 is 9.64 Å². The van der Waals surface area contributed by atoms with Gasteiger partial charge in [-0.15, -0.1) is 0 Å². The third kappa shape index (κ3) is 2.23. The molecule has 0 bridgehead atoms. The van der Waals surface area contributed by atoms with Gasteiger partial charge in [0.25, 0.3) is 0 Å². The molecule has 15 heavy (non-hydrogen) atoms. The highest BCUT2D eigenvalue weighted by Gasteiger charge is 2.17. The molecule has 1 aromatic carbocycles. The molecule has 0 N–H and O–H groups in total. The Balaban J connectivity index is 2.20. The number of aryl methyl sites for hydroxylation is 1. The molecule has 0 aromatic heterocycles. The summed E-state index contributed by atoms with van der Waals surface area (Å²) in [6.07, 6.45) is 0. The predicted molar refractivity (Wildman–Crippen MR) is 60.8 cm³/mol. The van der Waals surface area contributed by atoms with Crippen molar-refractivity contribution in [3.8, 4) is 5.75 Å². The van der Waals surface area contributed by atoms with Crippen molar-refractivity contribution in [2.24, 2.45) is 0 Å². The van der Waals surface area contributed by atoms with Crippen molar-refractivity contribution in [1.82, 2.24) is 0 Å². The number of fused-ring (bicyclic) bond motifs is 1. The monoisotopic (exact) mass is 207 g/mol. The standard InChI is InChI=1S/C12H17NO2/c1-10-3-4-12-11(9-10)13(5-7-14-2)6-8-15-12/h3-4,9H,5-8H2,1-2H3. The number of methoxy groups -OCH3 is 1. The second kappa shape index (κ2) is 4.53. The second-order valence-electron chi connectivity index (χ2n) is 3.80. The first-order valence-electron chi connectivity index (χ1n) is 5.28. The van der Waals surface area contributed by atoms with E-state index in [-0.39, 0.29) is 0 Å². The van der Waals surface area contributed by atoms with Crippen LogP contribution in [-0.2, 0) is 4.74 Å². The normalized spacial score (nSPS) is 14.7. The SMILES string of the molecule is COCCN1CCOc2ccc(C)cc21. The van der Waals surface area contributed by atoms with Crippen LogP contribution in [0.1, 0.15) is 5.56 Å². The van der Waals surface area contributed by atoms with Gasteiger partial charge in [0.2, 0.25) is 0 Å². The average Bonchev–Trinajstić information content (AvgIpc) is 2.26. The van der Waals surface area contributed by atoms with Crippen LogP contribution >= 0.6 is 0 Å². The Morgan fingerprint density at radius 1 is 1.47 bits per heavy atom. The van der Waals surface area contributed by atoms with E-state index in [1.807, 2.05) is 6.07 Å². The van der Waals surface area contributed by atoms with Crippen LogP contribution in [0.15, 0.2) is 18.2 Å². The van der Waals surface area contributed by atoms with Crippen LogP contribution in [0.25, 0.3) is 0 Å². The van der Waals surface area contributed by atoms with Crippen LogP contribution in [0, 0.1) is 6.92 Å². The van der Waals surface area contributed by atoms with Crippen LogP contribution in [0.5, 0.6) is 5.75 Å². The Kier molecular flexibility index (Phi) is 3.11. The molecule has 0 spiro atoms.